The van der Waals surface area contributed by atoms with E-state index in [0.717, 1.165) is 11.0 Å². The number of rotatable bonds is 15. The van der Waals surface area contributed by atoms with Gasteiger partial charge in [-0.15, -0.1) is 0 Å². The van der Waals surface area contributed by atoms with Gasteiger partial charge in [0.2, 0.25) is 0 Å². The number of hydrogen-bond acceptors (Lipinski definition) is 1. The molecule has 0 bridgehead atoms. The highest BCUT2D eigenvalue weighted by Crippen LogP contribution is 2.12. The van der Waals surface area contributed by atoms with Gasteiger partial charge in [-0.25, -0.2) is 0 Å². The Balaban J connectivity index is 0. The molecule has 0 fully saturated rings. The molecule has 23 heavy (non-hydrogen) atoms. The SMILES string of the molecule is C=C(C)C(=O)CC[N+](C)(C)CCCCCCCCCCCC.[Br-]. The van der Waals surface area contributed by atoms with Gasteiger partial charge in [0.25, 0.3) is 0 Å². The predicted octanol–water partition coefficient (Wildman–Crippen LogP) is 2.52. The molecule has 0 aromatic heterocycles. The van der Waals surface area contributed by atoms with Crippen molar-refractivity contribution in [3.8, 4) is 0 Å². The Morgan fingerprint density at radius 1 is 0.826 bits per heavy atom. The Morgan fingerprint density at radius 3 is 1.70 bits per heavy atom. The van der Waals surface area contributed by atoms with Crippen molar-refractivity contribution in [1.29, 1.82) is 0 Å². The van der Waals surface area contributed by atoms with Crippen molar-refractivity contribution in [1.82, 2.24) is 0 Å². The number of allylic oxidation sites excluding steroid dienone is 1. The standard InChI is InChI=1S/C20H40NO.BrH/c1-6-7-8-9-10-11-12-13-14-15-17-21(4,5)18-16-20(22)19(2)3;/h2,6-18H2,1,3-5H3;1H/q+1;/p-1. The molecule has 0 aliphatic rings. The van der Waals surface area contributed by atoms with E-state index < -0.39 is 0 Å². The summed E-state index contributed by atoms with van der Waals surface area (Å²) in [5.74, 6) is 0.217. The van der Waals surface area contributed by atoms with Gasteiger partial charge < -0.3 is 21.5 Å². The maximum atomic E-state index is 11.6. The molecular weight excluding hydrogens is 350 g/mol. The summed E-state index contributed by atoms with van der Waals surface area (Å²) >= 11 is 0. The van der Waals surface area contributed by atoms with Gasteiger partial charge in [-0.3, -0.25) is 4.79 Å². The molecular formula is C20H40BrNO. The van der Waals surface area contributed by atoms with E-state index in [1.54, 1.807) is 0 Å². The molecule has 0 aliphatic carbocycles. The molecule has 0 heterocycles. The normalized spacial score (nSPS) is 11.1. The molecule has 0 aromatic carbocycles. The number of unbranched alkanes of at least 4 members (excludes halogenated alkanes) is 9. The van der Waals surface area contributed by atoms with E-state index in [1.807, 2.05) is 6.92 Å². The summed E-state index contributed by atoms with van der Waals surface area (Å²) in [5.41, 5.74) is 0.693. The van der Waals surface area contributed by atoms with Crippen molar-refractivity contribution in [3.05, 3.63) is 12.2 Å². The maximum Gasteiger partial charge on any atom is 0.163 e. The van der Waals surface area contributed by atoms with Crippen LogP contribution in [0.25, 0.3) is 0 Å². The fourth-order valence-electron chi connectivity index (χ4n) is 2.76. The average Bonchev–Trinajstić information content (AvgIpc) is 2.46. The van der Waals surface area contributed by atoms with Crippen molar-refractivity contribution < 1.29 is 26.3 Å². The van der Waals surface area contributed by atoms with E-state index >= 15 is 0 Å². The van der Waals surface area contributed by atoms with Gasteiger partial charge in [-0.1, -0.05) is 64.9 Å². The summed E-state index contributed by atoms with van der Waals surface area (Å²) in [7, 11) is 4.47. The zero-order valence-electron chi connectivity index (χ0n) is 16.1. The molecule has 0 spiro atoms. The number of carbonyl (C=O) groups excluding carboxylic acids is 1. The second kappa shape index (κ2) is 15.4. The number of Topliss-reactive ketones (excluding diaryl/α,β-unsaturated/α-hetero) is 1. The van der Waals surface area contributed by atoms with Gasteiger partial charge in [-0.05, 0) is 25.3 Å². The third kappa shape index (κ3) is 16.5. The van der Waals surface area contributed by atoms with Crippen LogP contribution in [0.1, 0.15) is 84.5 Å². The summed E-state index contributed by atoms with van der Waals surface area (Å²) in [6.07, 6.45) is 14.5. The smallest absolute Gasteiger partial charge is 0.163 e. The highest BCUT2D eigenvalue weighted by atomic mass is 79.9. The van der Waals surface area contributed by atoms with Gasteiger partial charge in [0.05, 0.1) is 33.6 Å². The number of halogens is 1. The van der Waals surface area contributed by atoms with E-state index in [4.69, 9.17) is 0 Å². The zero-order chi connectivity index (χ0) is 16.8. The molecule has 0 rings (SSSR count). The molecule has 0 atom stereocenters. The predicted molar refractivity (Wildman–Crippen MR) is 98.1 cm³/mol. The fourth-order valence-corrected chi connectivity index (χ4v) is 2.76. The van der Waals surface area contributed by atoms with Gasteiger partial charge in [0.1, 0.15) is 0 Å². The van der Waals surface area contributed by atoms with E-state index in [0.29, 0.717) is 12.0 Å². The first-order valence-corrected chi connectivity index (χ1v) is 9.40. The molecule has 0 unspecified atom stereocenters. The van der Waals surface area contributed by atoms with E-state index in [9.17, 15) is 4.79 Å². The molecule has 2 nitrogen and oxygen atoms in total. The Kier molecular flexibility index (Phi) is 16.8. The summed E-state index contributed by atoms with van der Waals surface area (Å²) in [4.78, 5) is 11.6. The third-order valence-electron chi connectivity index (χ3n) is 4.54. The maximum absolute atomic E-state index is 11.6. The van der Waals surface area contributed by atoms with Crippen molar-refractivity contribution in [2.75, 3.05) is 27.2 Å². The largest absolute Gasteiger partial charge is 1.00 e. The van der Waals surface area contributed by atoms with Gasteiger partial charge in [-0.2, -0.15) is 0 Å². The van der Waals surface area contributed by atoms with Gasteiger partial charge >= 0.3 is 0 Å². The molecule has 0 saturated heterocycles. The Labute approximate surface area is 156 Å². The molecule has 0 N–H and O–H groups in total. The van der Waals surface area contributed by atoms with Crippen molar-refractivity contribution >= 4 is 5.78 Å². The molecule has 138 valence electrons. The van der Waals surface area contributed by atoms with Crippen LogP contribution in [-0.4, -0.2) is 37.5 Å². The first-order valence-electron chi connectivity index (χ1n) is 9.40. The van der Waals surface area contributed by atoms with Crippen LogP contribution in [0.15, 0.2) is 12.2 Å². The summed E-state index contributed by atoms with van der Waals surface area (Å²) in [6.45, 7) is 9.92. The molecule has 0 radical (unpaired) electrons. The van der Waals surface area contributed by atoms with Crippen LogP contribution in [-0.2, 0) is 4.79 Å². The Morgan fingerprint density at radius 2 is 1.26 bits per heavy atom. The van der Waals surface area contributed by atoms with Crippen LogP contribution in [0, 0.1) is 0 Å². The Bertz CT molecular complexity index is 313. The second-order valence-corrected chi connectivity index (χ2v) is 7.52. The number of carbonyl (C=O) groups is 1. The van der Waals surface area contributed by atoms with E-state index in [1.165, 1.54) is 70.8 Å². The quantitative estimate of drug-likeness (QED) is 0.239. The van der Waals surface area contributed by atoms with Crippen LogP contribution in [0.4, 0.5) is 0 Å². The highest BCUT2D eigenvalue weighted by molar-refractivity contribution is 5.94. The van der Waals surface area contributed by atoms with Gasteiger partial charge in [0.15, 0.2) is 5.78 Å². The van der Waals surface area contributed by atoms with Crippen molar-refractivity contribution in [2.45, 2.75) is 84.5 Å². The highest BCUT2D eigenvalue weighted by Gasteiger charge is 2.16. The third-order valence-corrected chi connectivity index (χ3v) is 4.54. The fraction of sp³-hybridized carbons (Fsp3) is 0.850. The van der Waals surface area contributed by atoms with Gasteiger partial charge in [0, 0.05) is 0 Å². The average molecular weight is 390 g/mol. The summed E-state index contributed by atoms with van der Waals surface area (Å²) in [5, 5.41) is 0. The Hall–Kier alpha value is -0.150. The first kappa shape index (κ1) is 25.1. The first-order chi connectivity index (χ1) is 10.4. The molecule has 0 aliphatic heterocycles. The minimum absolute atomic E-state index is 0. The van der Waals surface area contributed by atoms with Crippen LogP contribution in [0.5, 0.6) is 0 Å². The number of hydrogen-bond donors (Lipinski definition) is 0. The molecule has 3 heteroatoms. The van der Waals surface area contributed by atoms with Crippen LogP contribution in [0.2, 0.25) is 0 Å². The monoisotopic (exact) mass is 389 g/mol. The van der Waals surface area contributed by atoms with Crippen LogP contribution >= 0.6 is 0 Å². The lowest BCUT2D eigenvalue weighted by atomic mass is 10.1. The summed E-state index contributed by atoms with van der Waals surface area (Å²) < 4.78 is 0.954. The zero-order valence-corrected chi connectivity index (χ0v) is 17.7. The molecule has 0 saturated carbocycles. The van der Waals surface area contributed by atoms with Crippen LogP contribution < -0.4 is 17.0 Å². The second-order valence-electron chi connectivity index (χ2n) is 7.52. The van der Waals surface area contributed by atoms with Crippen molar-refractivity contribution in [2.24, 2.45) is 0 Å². The molecule has 0 aromatic rings. The van der Waals surface area contributed by atoms with E-state index in [2.05, 4.69) is 27.6 Å². The number of quaternary nitrogens is 1. The minimum atomic E-state index is 0. The lowest BCUT2D eigenvalue weighted by Crippen LogP contribution is -3.00. The number of ketones is 1. The summed E-state index contributed by atoms with van der Waals surface area (Å²) in [6, 6.07) is 0. The topological polar surface area (TPSA) is 17.1 Å². The minimum Gasteiger partial charge on any atom is -1.00 e. The molecule has 0 amide bonds. The van der Waals surface area contributed by atoms with Crippen LogP contribution in [0.3, 0.4) is 0 Å². The lowest BCUT2D eigenvalue weighted by molar-refractivity contribution is -0.889. The van der Waals surface area contributed by atoms with Crippen molar-refractivity contribution in [3.63, 3.8) is 0 Å². The lowest BCUT2D eigenvalue weighted by Gasteiger charge is -2.29. The van der Waals surface area contributed by atoms with E-state index in [-0.39, 0.29) is 22.8 Å². The number of nitrogens with zero attached hydrogens (tertiary/aromatic N) is 1.